The summed E-state index contributed by atoms with van der Waals surface area (Å²) >= 11 is 0. The molecule has 0 spiro atoms. The maximum absolute atomic E-state index is 12.1. The first-order valence-electron chi connectivity index (χ1n) is 9.24. The first-order valence-corrected chi connectivity index (χ1v) is 9.24. The molecular weight excluding hydrogens is 314 g/mol. The summed E-state index contributed by atoms with van der Waals surface area (Å²) in [6.45, 7) is 4.66. The molecule has 5 nitrogen and oxygen atoms in total. The lowest BCUT2D eigenvalue weighted by Gasteiger charge is -2.22. The molecule has 0 unspecified atom stereocenters. The van der Waals surface area contributed by atoms with E-state index in [0.29, 0.717) is 6.54 Å². The second-order valence-corrected chi connectivity index (χ2v) is 6.74. The number of amides is 1. The number of hydrogen-bond donors (Lipinski definition) is 2. The SMILES string of the molecule is C[C@@H]([NH2+]CC(=O)Nc1ccc(N2CCCCCC2)cc1)c1ccco1. The van der Waals surface area contributed by atoms with E-state index < -0.39 is 0 Å². The van der Waals surface area contributed by atoms with Gasteiger partial charge in [0.25, 0.3) is 5.91 Å². The quantitative estimate of drug-likeness (QED) is 0.848. The molecule has 0 saturated carbocycles. The van der Waals surface area contributed by atoms with Crippen molar-refractivity contribution in [3.05, 3.63) is 48.4 Å². The van der Waals surface area contributed by atoms with Crippen LogP contribution in [0, 0.1) is 0 Å². The van der Waals surface area contributed by atoms with Crippen LogP contribution in [0.15, 0.2) is 47.1 Å². The molecule has 0 bridgehead atoms. The van der Waals surface area contributed by atoms with Gasteiger partial charge in [0.15, 0.2) is 12.3 Å². The van der Waals surface area contributed by atoms with Crippen molar-refractivity contribution < 1.29 is 14.5 Å². The van der Waals surface area contributed by atoms with E-state index in [0.717, 1.165) is 24.5 Å². The van der Waals surface area contributed by atoms with Gasteiger partial charge in [-0.3, -0.25) is 4.79 Å². The maximum atomic E-state index is 12.1. The average molecular weight is 342 g/mol. The van der Waals surface area contributed by atoms with E-state index in [4.69, 9.17) is 4.42 Å². The van der Waals surface area contributed by atoms with Crippen molar-refractivity contribution in [1.29, 1.82) is 0 Å². The van der Waals surface area contributed by atoms with Gasteiger partial charge in [-0.1, -0.05) is 12.8 Å². The summed E-state index contributed by atoms with van der Waals surface area (Å²) in [7, 11) is 0. The highest BCUT2D eigenvalue weighted by Gasteiger charge is 2.14. The number of furan rings is 1. The third kappa shape index (κ3) is 5.10. The average Bonchev–Trinajstić information content (AvgIpc) is 3.03. The Kier molecular flexibility index (Phi) is 6.12. The summed E-state index contributed by atoms with van der Waals surface area (Å²) in [5, 5.41) is 4.94. The number of nitrogens with one attached hydrogen (secondary N) is 1. The molecular formula is C20H28N3O2+. The van der Waals surface area contributed by atoms with Crippen molar-refractivity contribution in [3.8, 4) is 0 Å². The van der Waals surface area contributed by atoms with Gasteiger partial charge >= 0.3 is 0 Å². The van der Waals surface area contributed by atoms with Crippen LogP contribution >= 0.6 is 0 Å². The Bertz CT molecular complexity index is 644. The van der Waals surface area contributed by atoms with Crippen LogP contribution in [0.2, 0.25) is 0 Å². The van der Waals surface area contributed by atoms with Gasteiger partial charge in [-0.2, -0.15) is 0 Å². The van der Waals surface area contributed by atoms with E-state index >= 15 is 0 Å². The number of quaternary nitrogens is 1. The summed E-state index contributed by atoms with van der Waals surface area (Å²) in [6.07, 6.45) is 6.85. The number of carbonyl (C=O) groups is 1. The molecule has 3 rings (SSSR count). The number of anilines is 2. The topological polar surface area (TPSA) is 62.1 Å². The number of hydrogen-bond acceptors (Lipinski definition) is 3. The molecule has 1 amide bonds. The van der Waals surface area contributed by atoms with E-state index in [2.05, 4.69) is 22.3 Å². The van der Waals surface area contributed by atoms with Crippen molar-refractivity contribution in [1.82, 2.24) is 0 Å². The van der Waals surface area contributed by atoms with Crippen LogP contribution in [0.25, 0.3) is 0 Å². The molecule has 1 atom stereocenters. The van der Waals surface area contributed by atoms with Crippen molar-refractivity contribution in [2.24, 2.45) is 0 Å². The third-order valence-electron chi connectivity index (χ3n) is 4.77. The third-order valence-corrected chi connectivity index (χ3v) is 4.77. The zero-order chi connectivity index (χ0) is 17.5. The highest BCUT2D eigenvalue weighted by atomic mass is 16.3. The second kappa shape index (κ2) is 8.72. The predicted octanol–water partition coefficient (Wildman–Crippen LogP) is 2.92. The van der Waals surface area contributed by atoms with Crippen LogP contribution in [0.3, 0.4) is 0 Å². The highest BCUT2D eigenvalue weighted by molar-refractivity contribution is 5.91. The minimum absolute atomic E-state index is 0.000860. The van der Waals surface area contributed by atoms with E-state index in [-0.39, 0.29) is 11.9 Å². The van der Waals surface area contributed by atoms with E-state index in [9.17, 15) is 4.79 Å². The molecule has 1 aromatic carbocycles. The molecule has 0 radical (unpaired) electrons. The van der Waals surface area contributed by atoms with E-state index in [1.54, 1.807) is 6.26 Å². The molecule has 2 heterocycles. The van der Waals surface area contributed by atoms with Crippen LogP contribution < -0.4 is 15.5 Å². The molecule has 25 heavy (non-hydrogen) atoms. The van der Waals surface area contributed by atoms with Gasteiger partial charge in [-0.05, 0) is 56.2 Å². The summed E-state index contributed by atoms with van der Waals surface area (Å²) in [5.41, 5.74) is 2.10. The number of nitrogens with zero attached hydrogens (tertiary/aromatic N) is 1. The fraction of sp³-hybridized carbons (Fsp3) is 0.450. The Hall–Kier alpha value is -2.27. The number of nitrogens with two attached hydrogens (primary N) is 1. The van der Waals surface area contributed by atoms with Gasteiger partial charge in [0.2, 0.25) is 0 Å². The summed E-state index contributed by atoms with van der Waals surface area (Å²) < 4.78 is 5.36. The molecule has 3 N–H and O–H groups in total. The summed E-state index contributed by atoms with van der Waals surface area (Å²) in [5.74, 6) is 0.885. The molecule has 0 aliphatic carbocycles. The Balaban J connectivity index is 1.48. The largest absolute Gasteiger partial charge is 0.463 e. The second-order valence-electron chi connectivity index (χ2n) is 6.74. The lowest BCUT2D eigenvalue weighted by molar-refractivity contribution is -0.684. The van der Waals surface area contributed by atoms with Gasteiger partial charge in [0.05, 0.1) is 6.26 Å². The van der Waals surface area contributed by atoms with Crippen LogP contribution in [0.1, 0.15) is 44.4 Å². The van der Waals surface area contributed by atoms with Crippen LogP contribution in [-0.2, 0) is 4.79 Å². The fourth-order valence-corrected chi connectivity index (χ4v) is 3.25. The van der Waals surface area contributed by atoms with Gasteiger partial charge in [0, 0.05) is 24.5 Å². The Labute approximate surface area is 149 Å². The highest BCUT2D eigenvalue weighted by Crippen LogP contribution is 2.21. The first-order chi connectivity index (χ1) is 12.2. The van der Waals surface area contributed by atoms with Gasteiger partial charge < -0.3 is 20.0 Å². The molecule has 1 aliphatic rings. The van der Waals surface area contributed by atoms with Crippen LogP contribution in [-0.4, -0.2) is 25.5 Å². The number of benzene rings is 1. The first kappa shape index (κ1) is 17.5. The lowest BCUT2D eigenvalue weighted by atomic mass is 10.2. The number of carbonyl (C=O) groups excluding carboxylic acids is 1. The molecule has 1 saturated heterocycles. The Morgan fingerprint density at radius 2 is 1.88 bits per heavy atom. The zero-order valence-corrected chi connectivity index (χ0v) is 14.9. The molecule has 1 fully saturated rings. The molecule has 134 valence electrons. The Morgan fingerprint density at radius 3 is 2.52 bits per heavy atom. The Morgan fingerprint density at radius 1 is 1.16 bits per heavy atom. The minimum atomic E-state index is 0.000860. The lowest BCUT2D eigenvalue weighted by Crippen LogP contribution is -2.86. The molecule has 1 aliphatic heterocycles. The number of rotatable bonds is 6. The monoisotopic (exact) mass is 342 g/mol. The summed E-state index contributed by atoms with van der Waals surface area (Å²) in [4.78, 5) is 14.6. The van der Waals surface area contributed by atoms with Crippen LogP contribution in [0.4, 0.5) is 11.4 Å². The van der Waals surface area contributed by atoms with Crippen molar-refractivity contribution >= 4 is 17.3 Å². The van der Waals surface area contributed by atoms with E-state index in [1.807, 2.05) is 36.5 Å². The zero-order valence-electron chi connectivity index (χ0n) is 14.9. The molecule has 2 aromatic rings. The van der Waals surface area contributed by atoms with Crippen LogP contribution in [0.5, 0.6) is 0 Å². The van der Waals surface area contributed by atoms with Gasteiger partial charge in [0.1, 0.15) is 6.04 Å². The van der Waals surface area contributed by atoms with Crippen molar-refractivity contribution in [2.75, 3.05) is 29.9 Å². The summed E-state index contributed by atoms with van der Waals surface area (Å²) in [6, 6.07) is 12.1. The van der Waals surface area contributed by atoms with E-state index in [1.165, 1.54) is 31.4 Å². The van der Waals surface area contributed by atoms with Gasteiger partial charge in [-0.25, -0.2) is 0 Å². The standard InChI is InChI=1S/C20H27N3O2/c1-16(19-7-6-14-25-19)21-15-20(24)22-17-8-10-18(11-9-17)23-12-4-2-3-5-13-23/h6-11,14,16,21H,2-5,12-13,15H2,1H3,(H,22,24)/p+1/t16-/m1/s1. The minimum Gasteiger partial charge on any atom is -0.463 e. The normalized spacial score (nSPS) is 16.3. The van der Waals surface area contributed by atoms with Crippen molar-refractivity contribution in [2.45, 2.75) is 38.6 Å². The molecule has 1 aromatic heterocycles. The predicted molar refractivity (Wildman–Crippen MR) is 99.7 cm³/mol. The fourth-order valence-electron chi connectivity index (χ4n) is 3.25. The maximum Gasteiger partial charge on any atom is 0.279 e. The van der Waals surface area contributed by atoms with Crippen molar-refractivity contribution in [3.63, 3.8) is 0 Å². The molecule has 5 heteroatoms. The van der Waals surface area contributed by atoms with Gasteiger partial charge in [-0.15, -0.1) is 0 Å². The smallest absolute Gasteiger partial charge is 0.279 e.